The third kappa shape index (κ3) is 2.73. The van der Waals surface area contributed by atoms with Gasteiger partial charge in [-0.05, 0) is 18.2 Å². The van der Waals surface area contributed by atoms with Gasteiger partial charge in [-0.25, -0.2) is 4.79 Å². The number of benzene rings is 2. The van der Waals surface area contributed by atoms with Gasteiger partial charge in [-0.3, -0.25) is 0 Å². The number of carboxylic acid groups (broad SMARTS) is 1. The van der Waals surface area contributed by atoms with Crippen molar-refractivity contribution in [2.24, 2.45) is 0 Å². The van der Waals surface area contributed by atoms with Crippen LogP contribution in [0.15, 0.2) is 36.4 Å². The molecule has 0 aliphatic carbocycles. The highest BCUT2D eigenvalue weighted by molar-refractivity contribution is 6.31. The molecule has 0 fully saturated rings. The summed E-state index contributed by atoms with van der Waals surface area (Å²) in [6, 6.07) is 9.83. The van der Waals surface area contributed by atoms with Crippen LogP contribution in [-0.4, -0.2) is 17.9 Å². The molecule has 0 radical (unpaired) electrons. The molecule has 0 amide bonds. The molecule has 0 atom stereocenters. The zero-order valence-electron chi connectivity index (χ0n) is 10.8. The SMILES string of the molecule is O=C(O)c1ccccc1OCc1cc2c(cc1Cl)OCO2. The minimum Gasteiger partial charge on any atom is -0.488 e. The van der Waals surface area contributed by atoms with Gasteiger partial charge in [0.25, 0.3) is 0 Å². The summed E-state index contributed by atoms with van der Waals surface area (Å²) in [4.78, 5) is 11.1. The Morgan fingerprint density at radius 2 is 1.95 bits per heavy atom. The van der Waals surface area contributed by atoms with Crippen molar-refractivity contribution in [1.29, 1.82) is 0 Å². The van der Waals surface area contributed by atoms with E-state index in [0.717, 1.165) is 0 Å². The van der Waals surface area contributed by atoms with Gasteiger partial charge in [-0.1, -0.05) is 23.7 Å². The smallest absolute Gasteiger partial charge is 0.339 e. The second kappa shape index (κ2) is 5.54. The first-order valence-electron chi connectivity index (χ1n) is 6.18. The molecule has 0 aromatic heterocycles. The summed E-state index contributed by atoms with van der Waals surface area (Å²) in [5.74, 6) is 0.445. The highest BCUT2D eigenvalue weighted by atomic mass is 35.5. The molecule has 1 heterocycles. The summed E-state index contributed by atoms with van der Waals surface area (Å²) in [6.07, 6.45) is 0. The van der Waals surface area contributed by atoms with Gasteiger partial charge < -0.3 is 19.3 Å². The molecule has 108 valence electrons. The summed E-state index contributed by atoms with van der Waals surface area (Å²) in [6.45, 7) is 0.303. The molecule has 2 aromatic carbocycles. The third-order valence-corrected chi connectivity index (χ3v) is 3.39. The largest absolute Gasteiger partial charge is 0.488 e. The molecule has 1 aliphatic rings. The fourth-order valence-corrected chi connectivity index (χ4v) is 2.20. The van der Waals surface area contributed by atoms with E-state index >= 15 is 0 Å². The van der Waals surface area contributed by atoms with Crippen LogP contribution < -0.4 is 14.2 Å². The molecule has 0 spiro atoms. The molecule has 1 N–H and O–H groups in total. The Morgan fingerprint density at radius 1 is 1.24 bits per heavy atom. The fraction of sp³-hybridized carbons (Fsp3) is 0.133. The molecule has 5 nitrogen and oxygen atoms in total. The normalized spacial score (nSPS) is 12.2. The molecule has 0 saturated carbocycles. The highest BCUT2D eigenvalue weighted by Crippen LogP contribution is 2.37. The summed E-state index contributed by atoms with van der Waals surface area (Å²) in [7, 11) is 0. The van der Waals surface area contributed by atoms with Crippen LogP contribution in [0.5, 0.6) is 17.2 Å². The van der Waals surface area contributed by atoms with Crippen molar-refractivity contribution in [2.45, 2.75) is 6.61 Å². The predicted octanol–water partition coefficient (Wildman–Crippen LogP) is 3.35. The van der Waals surface area contributed by atoms with E-state index < -0.39 is 5.97 Å². The number of hydrogen-bond donors (Lipinski definition) is 1. The van der Waals surface area contributed by atoms with Gasteiger partial charge in [0.1, 0.15) is 17.9 Å². The van der Waals surface area contributed by atoms with Crippen LogP contribution in [0, 0.1) is 0 Å². The zero-order chi connectivity index (χ0) is 14.8. The number of halogens is 1. The molecular weight excluding hydrogens is 296 g/mol. The van der Waals surface area contributed by atoms with Gasteiger partial charge in [0.2, 0.25) is 6.79 Å². The van der Waals surface area contributed by atoms with Crippen molar-refractivity contribution in [3.05, 3.63) is 52.5 Å². The first kappa shape index (κ1) is 13.6. The van der Waals surface area contributed by atoms with Gasteiger partial charge >= 0.3 is 5.97 Å². The minimum atomic E-state index is -1.04. The van der Waals surface area contributed by atoms with E-state index in [1.807, 2.05) is 0 Å². The highest BCUT2D eigenvalue weighted by Gasteiger charge is 2.17. The Balaban J connectivity index is 1.81. The van der Waals surface area contributed by atoms with Crippen LogP contribution in [0.2, 0.25) is 5.02 Å². The number of carbonyl (C=O) groups is 1. The number of aromatic carboxylic acids is 1. The minimum absolute atomic E-state index is 0.106. The molecule has 3 rings (SSSR count). The van der Waals surface area contributed by atoms with Crippen LogP contribution in [0.4, 0.5) is 0 Å². The zero-order valence-corrected chi connectivity index (χ0v) is 11.6. The Kier molecular flexibility index (Phi) is 3.58. The van der Waals surface area contributed by atoms with Crippen molar-refractivity contribution >= 4 is 17.6 Å². The summed E-state index contributed by atoms with van der Waals surface area (Å²) >= 11 is 6.14. The first-order valence-corrected chi connectivity index (χ1v) is 6.56. The number of rotatable bonds is 4. The van der Waals surface area contributed by atoms with Gasteiger partial charge in [0, 0.05) is 11.6 Å². The molecule has 6 heteroatoms. The number of para-hydroxylation sites is 1. The lowest BCUT2D eigenvalue weighted by Gasteiger charge is -2.10. The second-order valence-corrected chi connectivity index (χ2v) is 4.79. The van der Waals surface area contributed by atoms with Crippen LogP contribution in [0.25, 0.3) is 0 Å². The van der Waals surface area contributed by atoms with Crippen LogP contribution in [-0.2, 0) is 6.61 Å². The van der Waals surface area contributed by atoms with Gasteiger partial charge in [-0.2, -0.15) is 0 Å². The number of carboxylic acids is 1. The Bertz CT molecular complexity index is 698. The van der Waals surface area contributed by atoms with Crippen LogP contribution in [0.3, 0.4) is 0 Å². The van der Waals surface area contributed by atoms with E-state index in [2.05, 4.69) is 0 Å². The van der Waals surface area contributed by atoms with E-state index in [-0.39, 0.29) is 19.0 Å². The Hall–Kier alpha value is -2.40. The summed E-state index contributed by atoms with van der Waals surface area (Å²) in [5, 5.41) is 9.58. The fourth-order valence-electron chi connectivity index (χ4n) is 1.99. The molecule has 21 heavy (non-hydrogen) atoms. The maximum absolute atomic E-state index is 11.1. The van der Waals surface area contributed by atoms with Crippen LogP contribution in [0.1, 0.15) is 15.9 Å². The Labute approximate surface area is 125 Å². The quantitative estimate of drug-likeness (QED) is 0.938. The Morgan fingerprint density at radius 3 is 2.71 bits per heavy atom. The standard InChI is InChI=1S/C15H11ClO5/c16-11-6-14-13(20-8-21-14)5-9(11)7-19-12-4-2-1-3-10(12)15(17)18/h1-6H,7-8H2,(H,17,18). The molecule has 2 aromatic rings. The molecule has 0 saturated heterocycles. The van der Waals surface area contributed by atoms with Crippen molar-refractivity contribution in [3.8, 4) is 17.2 Å². The van der Waals surface area contributed by atoms with Crippen molar-refractivity contribution in [1.82, 2.24) is 0 Å². The predicted molar refractivity (Wildman–Crippen MR) is 75.3 cm³/mol. The third-order valence-electron chi connectivity index (χ3n) is 3.04. The number of hydrogen-bond acceptors (Lipinski definition) is 4. The average molecular weight is 307 g/mol. The number of fused-ring (bicyclic) bond motifs is 1. The van der Waals surface area contributed by atoms with Crippen molar-refractivity contribution < 1.29 is 24.1 Å². The van der Waals surface area contributed by atoms with E-state index in [1.54, 1.807) is 30.3 Å². The number of ether oxygens (including phenoxy) is 3. The molecule has 0 unspecified atom stereocenters. The van der Waals surface area contributed by atoms with Gasteiger partial charge in [0.05, 0.1) is 5.02 Å². The van der Waals surface area contributed by atoms with E-state index in [9.17, 15) is 4.79 Å². The molecular formula is C15H11ClO5. The lowest BCUT2D eigenvalue weighted by Crippen LogP contribution is -2.03. The summed E-state index contributed by atoms with van der Waals surface area (Å²) < 4.78 is 16.1. The van der Waals surface area contributed by atoms with Crippen LogP contribution >= 0.6 is 11.6 Å². The lowest BCUT2D eigenvalue weighted by molar-refractivity contribution is 0.0691. The second-order valence-electron chi connectivity index (χ2n) is 4.39. The maximum atomic E-state index is 11.1. The van der Waals surface area contributed by atoms with Gasteiger partial charge in [0.15, 0.2) is 11.5 Å². The monoisotopic (exact) mass is 306 g/mol. The maximum Gasteiger partial charge on any atom is 0.339 e. The average Bonchev–Trinajstić information content (AvgIpc) is 2.92. The van der Waals surface area contributed by atoms with Gasteiger partial charge in [-0.15, -0.1) is 0 Å². The van der Waals surface area contributed by atoms with E-state index in [4.69, 9.17) is 30.9 Å². The van der Waals surface area contributed by atoms with Crippen molar-refractivity contribution in [3.63, 3.8) is 0 Å². The van der Waals surface area contributed by atoms with Crippen molar-refractivity contribution in [2.75, 3.05) is 6.79 Å². The van der Waals surface area contributed by atoms with E-state index in [1.165, 1.54) is 6.07 Å². The first-order chi connectivity index (χ1) is 10.1. The topological polar surface area (TPSA) is 65.0 Å². The lowest BCUT2D eigenvalue weighted by atomic mass is 10.2. The van der Waals surface area contributed by atoms with E-state index in [0.29, 0.717) is 27.8 Å². The molecule has 0 bridgehead atoms. The summed E-state index contributed by atoms with van der Waals surface area (Å²) in [5.41, 5.74) is 0.801. The molecule has 1 aliphatic heterocycles.